The van der Waals surface area contributed by atoms with Crippen molar-refractivity contribution in [2.45, 2.75) is 38.0 Å². The molecule has 4 nitrogen and oxygen atoms in total. The molecule has 0 aromatic carbocycles. The van der Waals surface area contributed by atoms with Crippen molar-refractivity contribution < 1.29 is 72.1 Å². The number of rotatable bonds is 6. The monoisotopic (exact) mass is 259 g/mol. The van der Waals surface area contributed by atoms with Crippen LogP contribution in [0.25, 0.3) is 0 Å². The van der Waals surface area contributed by atoms with Crippen molar-refractivity contribution in [1.82, 2.24) is 0 Å². The minimum absolute atomic E-state index is 0. The molecule has 0 bridgehead atoms. The maximum Gasteiger partial charge on any atom is 1.00 e. The molecule has 0 fully saturated rings. The van der Waals surface area contributed by atoms with Gasteiger partial charge in [0.1, 0.15) is 0 Å². The molecule has 0 aromatic heterocycles. The Bertz CT molecular complexity index is 211. The van der Waals surface area contributed by atoms with Gasteiger partial charge in [-0.05, 0) is 0 Å². The summed E-state index contributed by atoms with van der Waals surface area (Å²) >= 11 is 0. The molecule has 0 aliphatic carbocycles. The summed E-state index contributed by atoms with van der Waals surface area (Å²) in [5.41, 5.74) is 5.41. The zero-order chi connectivity index (χ0) is 9.61. The topological polar surface area (TPSA) is 83.2 Å². The van der Waals surface area contributed by atoms with Gasteiger partial charge in [0.2, 0.25) is 0 Å². The molecule has 14 heavy (non-hydrogen) atoms. The van der Waals surface area contributed by atoms with E-state index in [4.69, 9.17) is 5.73 Å². The van der Waals surface area contributed by atoms with E-state index in [9.17, 15) is 13.0 Å². The predicted octanol–water partition coefficient (Wildman–Crippen LogP) is -5.87. The van der Waals surface area contributed by atoms with Gasteiger partial charge in [-0.2, -0.15) is 0 Å². The zero-order valence-corrected chi connectivity index (χ0v) is 14.8. The molecule has 0 rings (SSSR count). The van der Waals surface area contributed by atoms with Crippen molar-refractivity contribution >= 4 is 19.9 Å². The van der Waals surface area contributed by atoms with Gasteiger partial charge in [-0.25, -0.2) is 0 Å². The van der Waals surface area contributed by atoms with Crippen molar-refractivity contribution in [1.29, 1.82) is 0 Å². The summed E-state index contributed by atoms with van der Waals surface area (Å²) in [5.74, 6) is 0. The second-order valence-corrected chi connectivity index (χ2v) is 6.30. The van der Waals surface area contributed by atoms with Crippen molar-refractivity contribution in [2.75, 3.05) is 0 Å². The Morgan fingerprint density at radius 3 is 2.21 bits per heavy atom. The van der Waals surface area contributed by atoms with Crippen molar-refractivity contribution in [2.24, 2.45) is 5.73 Å². The third-order valence-electron chi connectivity index (χ3n) is 1.37. The number of nitrogens with two attached hydrogens (primary N) is 1. The van der Waals surface area contributed by atoms with Crippen LogP contribution in [0.2, 0.25) is 0 Å². The van der Waals surface area contributed by atoms with Crippen LogP contribution in [0.3, 0.4) is 0 Å². The van der Waals surface area contributed by atoms with Crippen molar-refractivity contribution in [3.05, 3.63) is 0 Å². The molecule has 8 heteroatoms. The molecule has 0 saturated carbocycles. The van der Waals surface area contributed by atoms with Crippen molar-refractivity contribution in [3.63, 3.8) is 0 Å². The van der Waals surface area contributed by atoms with Crippen molar-refractivity contribution in [3.8, 4) is 0 Å². The van der Waals surface area contributed by atoms with E-state index in [-0.39, 0.29) is 69.9 Å². The summed E-state index contributed by atoms with van der Waals surface area (Å²) < 4.78 is 30.7. The van der Waals surface area contributed by atoms with Gasteiger partial charge in [-0.3, -0.25) is 8.42 Å². The zero-order valence-electron chi connectivity index (χ0n) is 9.06. The Morgan fingerprint density at radius 1 is 1.36 bits per heavy atom. The first-order valence-electron chi connectivity index (χ1n) is 3.89. The van der Waals surface area contributed by atoms with Gasteiger partial charge >= 0.3 is 59.1 Å². The fourth-order valence-electron chi connectivity index (χ4n) is 0.822. The van der Waals surface area contributed by atoms with Gasteiger partial charge in [0.15, 0.2) is 0 Å². The average Bonchev–Trinajstić information content (AvgIpc) is 1.84. The van der Waals surface area contributed by atoms with E-state index in [1.165, 1.54) is 0 Å². The number of hydrogen-bond acceptors (Lipinski definition) is 5. The summed E-state index contributed by atoms with van der Waals surface area (Å²) in [5, 5.41) is -0.515. The molecule has 0 heterocycles. The van der Waals surface area contributed by atoms with Gasteiger partial charge in [0.05, 0.1) is 0 Å². The van der Waals surface area contributed by atoms with E-state index >= 15 is 0 Å². The van der Waals surface area contributed by atoms with Gasteiger partial charge in [-0.1, -0.05) is 38.0 Å². The largest absolute Gasteiger partial charge is 1.00 e. The molecule has 0 saturated heterocycles. The second-order valence-electron chi connectivity index (χ2n) is 2.60. The predicted molar refractivity (Wildman–Crippen MR) is 50.6 cm³/mol. The first-order chi connectivity index (χ1) is 5.45. The molecular weight excluding hydrogens is 244 g/mol. The molecule has 0 spiro atoms. The summed E-state index contributed by atoms with van der Waals surface area (Å²) in [7, 11) is -4.35. The molecule has 1 atom stereocenters. The number of thiol groups is 1. The quantitative estimate of drug-likeness (QED) is 0.129. The van der Waals surface area contributed by atoms with Crippen LogP contribution in [-0.4, -0.2) is 18.3 Å². The molecule has 2 N–H and O–H groups in total. The van der Waals surface area contributed by atoms with Gasteiger partial charge in [0.25, 0.3) is 0 Å². The first kappa shape index (κ1) is 21.5. The number of hydrogen-bond donors (Lipinski definition) is 1. The van der Waals surface area contributed by atoms with Gasteiger partial charge in [0, 0.05) is 9.15 Å². The summed E-state index contributed by atoms with van der Waals surface area (Å²) in [6.45, 7) is 2.05. The molecule has 0 aliphatic heterocycles. The molecule has 1 unspecified atom stereocenters. The van der Waals surface area contributed by atoms with Crippen LogP contribution in [-0.2, 0) is 19.9 Å². The Hall–Kier alpha value is 2.22. The van der Waals surface area contributed by atoms with Crippen LogP contribution in [0.4, 0.5) is 0 Å². The van der Waals surface area contributed by atoms with Crippen LogP contribution >= 0.6 is 0 Å². The molecule has 0 aromatic rings. The normalized spacial score (nSPS) is 12.8. The Labute approximate surface area is 134 Å². The standard InChI is InChI=1S/C6H16NO3S2.2Na/c1-2-3-4-5-6(7)11-12(8,9)10;;/h6,11H,2-5,7H2,1H3,(H,8,9,10);;/q-1;2*+1/p-1. The van der Waals surface area contributed by atoms with Crippen LogP contribution in [0.15, 0.2) is 0 Å². The number of unbranched alkanes of at least 4 members (excludes halogenated alkanes) is 2. The molecule has 0 aliphatic rings. The van der Waals surface area contributed by atoms with Gasteiger partial charge in [-0.15, -0.1) is 0 Å². The van der Waals surface area contributed by atoms with Crippen LogP contribution in [0.5, 0.6) is 0 Å². The average molecular weight is 259 g/mol. The van der Waals surface area contributed by atoms with Crippen LogP contribution in [0, 0.1) is 0 Å². The van der Waals surface area contributed by atoms with E-state index in [2.05, 4.69) is 0 Å². The van der Waals surface area contributed by atoms with Crippen LogP contribution in [0.1, 0.15) is 32.6 Å². The Balaban J connectivity index is -0.000000605. The molecule has 0 amide bonds. The van der Waals surface area contributed by atoms with E-state index < -0.39 is 14.5 Å². The second kappa shape index (κ2) is 11.7. The van der Waals surface area contributed by atoms with E-state index in [1.54, 1.807) is 0 Å². The first-order valence-corrected chi connectivity index (χ1v) is 6.87. The minimum Gasteiger partial charge on any atom is -0.766 e. The van der Waals surface area contributed by atoms with E-state index in [1.807, 2.05) is 6.92 Å². The van der Waals surface area contributed by atoms with Crippen LogP contribution < -0.4 is 64.8 Å². The van der Waals surface area contributed by atoms with E-state index in [0.29, 0.717) is 6.42 Å². The maximum absolute atomic E-state index is 10.2. The Morgan fingerprint density at radius 2 is 1.86 bits per heavy atom. The summed E-state index contributed by atoms with van der Waals surface area (Å²) in [6, 6.07) is 0. The fraction of sp³-hybridized carbons (Fsp3) is 1.00. The third-order valence-corrected chi connectivity index (χ3v) is 3.74. The fourth-order valence-corrected chi connectivity index (χ4v) is 2.75. The molecule has 76 valence electrons. The molecule has 0 radical (unpaired) electrons. The third kappa shape index (κ3) is 16.6. The Kier molecular flexibility index (Phi) is 18.0. The van der Waals surface area contributed by atoms with Gasteiger partial charge < -0.3 is 21.1 Å². The maximum atomic E-state index is 10.2. The minimum atomic E-state index is -4.16. The molecular formula is C6H15NNa2O3S2. The SMILES string of the molecule is CCCCCC(N)[SH-]S(=O)(=O)[O-].[Na+].[Na+]. The smallest absolute Gasteiger partial charge is 0.766 e. The van der Waals surface area contributed by atoms with E-state index in [0.717, 1.165) is 19.3 Å². The summed E-state index contributed by atoms with van der Waals surface area (Å²) in [6.07, 6.45) is 3.59. The summed E-state index contributed by atoms with van der Waals surface area (Å²) in [4.78, 5) is 0.